The van der Waals surface area contributed by atoms with Gasteiger partial charge in [0.25, 0.3) is 0 Å². The highest BCUT2D eigenvalue weighted by atomic mass is 16.5. The molecule has 1 aliphatic carbocycles. The van der Waals surface area contributed by atoms with Crippen LogP contribution in [0.2, 0.25) is 0 Å². The zero-order valence-electron chi connectivity index (χ0n) is 13.0. The summed E-state index contributed by atoms with van der Waals surface area (Å²) in [6.45, 7) is 4.86. The van der Waals surface area contributed by atoms with Crippen LogP contribution in [0.1, 0.15) is 58.3 Å². The Morgan fingerprint density at radius 2 is 2.10 bits per heavy atom. The third kappa shape index (κ3) is 3.95. The molecule has 1 atom stereocenters. The summed E-state index contributed by atoms with van der Waals surface area (Å²) in [6, 6.07) is 0.566. The van der Waals surface area contributed by atoms with Crippen molar-refractivity contribution in [1.82, 2.24) is 4.90 Å². The van der Waals surface area contributed by atoms with Crippen LogP contribution in [0.15, 0.2) is 0 Å². The van der Waals surface area contributed by atoms with Gasteiger partial charge in [-0.2, -0.15) is 0 Å². The quantitative estimate of drug-likeness (QED) is 0.727. The molecule has 1 heterocycles. The highest BCUT2D eigenvalue weighted by Gasteiger charge is 2.39. The molecule has 0 N–H and O–H groups in total. The number of carbonyl (C=O) groups excluding carboxylic acids is 1. The second-order valence-corrected chi connectivity index (χ2v) is 6.19. The molecule has 1 spiro atoms. The van der Waals surface area contributed by atoms with Crippen LogP contribution >= 0.6 is 0 Å². The van der Waals surface area contributed by atoms with Gasteiger partial charge in [-0.1, -0.05) is 26.2 Å². The van der Waals surface area contributed by atoms with Crippen molar-refractivity contribution in [3.05, 3.63) is 0 Å². The fraction of sp³-hybridized carbons (Fsp3) is 0.938. The molecule has 20 heavy (non-hydrogen) atoms. The minimum atomic E-state index is -0.108. The van der Waals surface area contributed by atoms with Gasteiger partial charge in [0.05, 0.1) is 19.1 Å². The Balaban J connectivity index is 1.90. The Hall–Kier alpha value is -0.610. The third-order valence-corrected chi connectivity index (χ3v) is 4.99. The minimum Gasteiger partial charge on any atom is -0.469 e. The van der Waals surface area contributed by atoms with Gasteiger partial charge in [0, 0.05) is 19.2 Å². The molecule has 1 aliphatic heterocycles. The molecular weight excluding hydrogens is 254 g/mol. The molecule has 2 aliphatic rings. The number of ether oxygens (including phenoxy) is 2. The SMILES string of the molecule is CCN(CCC(=O)OC)C1CCOC2(CCCCC2)C1. The van der Waals surface area contributed by atoms with Gasteiger partial charge in [-0.15, -0.1) is 0 Å². The summed E-state index contributed by atoms with van der Waals surface area (Å²) in [5.74, 6) is -0.108. The minimum absolute atomic E-state index is 0.108. The number of hydrogen-bond acceptors (Lipinski definition) is 4. The maximum Gasteiger partial charge on any atom is 0.306 e. The highest BCUT2D eigenvalue weighted by Crippen LogP contribution is 2.39. The van der Waals surface area contributed by atoms with E-state index in [0.29, 0.717) is 12.5 Å². The van der Waals surface area contributed by atoms with Crippen molar-refractivity contribution in [1.29, 1.82) is 0 Å². The van der Waals surface area contributed by atoms with E-state index in [1.165, 1.54) is 39.2 Å². The molecular formula is C16H29NO3. The van der Waals surface area contributed by atoms with E-state index < -0.39 is 0 Å². The van der Waals surface area contributed by atoms with E-state index in [1.807, 2.05) is 0 Å². The first-order chi connectivity index (χ1) is 9.69. The lowest BCUT2D eigenvalue weighted by Crippen LogP contribution is -2.50. The molecule has 1 unspecified atom stereocenters. The van der Waals surface area contributed by atoms with E-state index in [0.717, 1.165) is 32.5 Å². The fourth-order valence-corrected chi connectivity index (χ4v) is 3.79. The van der Waals surface area contributed by atoms with Crippen LogP contribution in [0.5, 0.6) is 0 Å². The summed E-state index contributed by atoms with van der Waals surface area (Å²) in [6.07, 6.45) is 9.14. The summed E-state index contributed by atoms with van der Waals surface area (Å²) < 4.78 is 10.9. The molecule has 0 aromatic carbocycles. The number of rotatable bonds is 5. The maximum atomic E-state index is 11.3. The van der Waals surface area contributed by atoms with Crippen LogP contribution in [0.25, 0.3) is 0 Å². The highest BCUT2D eigenvalue weighted by molar-refractivity contribution is 5.69. The molecule has 4 nitrogen and oxygen atoms in total. The summed E-state index contributed by atoms with van der Waals surface area (Å²) in [7, 11) is 1.46. The normalized spacial score (nSPS) is 25.9. The van der Waals surface area contributed by atoms with Gasteiger partial charge in [0.15, 0.2) is 0 Å². The number of methoxy groups -OCH3 is 1. The van der Waals surface area contributed by atoms with E-state index in [2.05, 4.69) is 11.8 Å². The first kappa shape index (κ1) is 15.8. The molecule has 1 saturated carbocycles. The maximum absolute atomic E-state index is 11.3. The molecule has 0 aromatic rings. The molecule has 116 valence electrons. The number of nitrogens with zero attached hydrogens (tertiary/aromatic N) is 1. The van der Waals surface area contributed by atoms with Crippen molar-refractivity contribution in [3.63, 3.8) is 0 Å². The van der Waals surface area contributed by atoms with Crippen molar-refractivity contribution >= 4 is 5.97 Å². The van der Waals surface area contributed by atoms with Crippen molar-refractivity contribution in [3.8, 4) is 0 Å². The molecule has 1 saturated heterocycles. The van der Waals surface area contributed by atoms with Crippen molar-refractivity contribution in [2.45, 2.75) is 69.9 Å². The van der Waals surface area contributed by atoms with Crippen LogP contribution in [-0.2, 0) is 14.3 Å². The first-order valence-electron chi connectivity index (χ1n) is 8.14. The van der Waals surface area contributed by atoms with Gasteiger partial charge in [0.1, 0.15) is 0 Å². The van der Waals surface area contributed by atoms with E-state index in [4.69, 9.17) is 9.47 Å². The first-order valence-corrected chi connectivity index (χ1v) is 8.14. The predicted octanol–water partition coefficient (Wildman–Crippen LogP) is 2.75. The van der Waals surface area contributed by atoms with E-state index >= 15 is 0 Å². The van der Waals surface area contributed by atoms with Crippen molar-refractivity contribution < 1.29 is 14.3 Å². The molecule has 2 rings (SSSR count). The van der Waals surface area contributed by atoms with Gasteiger partial charge in [0.2, 0.25) is 0 Å². The Kier molecular flexibility index (Phi) is 5.85. The standard InChI is InChI=1S/C16H29NO3/c1-3-17(11-7-15(18)19-2)14-8-12-20-16(13-14)9-5-4-6-10-16/h14H,3-13H2,1-2H3. The van der Waals surface area contributed by atoms with Crippen LogP contribution in [0.3, 0.4) is 0 Å². The van der Waals surface area contributed by atoms with Crippen LogP contribution < -0.4 is 0 Å². The van der Waals surface area contributed by atoms with Crippen LogP contribution in [0.4, 0.5) is 0 Å². The fourth-order valence-electron chi connectivity index (χ4n) is 3.79. The average Bonchev–Trinajstić information content (AvgIpc) is 2.48. The summed E-state index contributed by atoms with van der Waals surface area (Å²) in [5, 5.41) is 0. The van der Waals surface area contributed by atoms with Crippen molar-refractivity contribution in [2.75, 3.05) is 26.8 Å². The number of carbonyl (C=O) groups is 1. The second kappa shape index (κ2) is 7.41. The van der Waals surface area contributed by atoms with Crippen molar-refractivity contribution in [2.24, 2.45) is 0 Å². The topological polar surface area (TPSA) is 38.8 Å². The van der Waals surface area contributed by atoms with Gasteiger partial charge >= 0.3 is 5.97 Å². The Bertz CT molecular complexity index is 307. The lowest BCUT2D eigenvalue weighted by Gasteiger charge is -2.46. The Morgan fingerprint density at radius 3 is 2.75 bits per heavy atom. The van der Waals surface area contributed by atoms with E-state index in [-0.39, 0.29) is 11.6 Å². The third-order valence-electron chi connectivity index (χ3n) is 4.99. The predicted molar refractivity (Wildman–Crippen MR) is 78.7 cm³/mol. The Labute approximate surface area is 122 Å². The van der Waals surface area contributed by atoms with Gasteiger partial charge < -0.3 is 9.47 Å². The zero-order chi connectivity index (χ0) is 14.4. The second-order valence-electron chi connectivity index (χ2n) is 6.19. The van der Waals surface area contributed by atoms with Crippen LogP contribution in [0, 0.1) is 0 Å². The van der Waals surface area contributed by atoms with Gasteiger partial charge in [-0.25, -0.2) is 0 Å². The summed E-state index contributed by atoms with van der Waals surface area (Å²) >= 11 is 0. The van der Waals surface area contributed by atoms with E-state index in [1.54, 1.807) is 0 Å². The number of hydrogen-bond donors (Lipinski definition) is 0. The van der Waals surface area contributed by atoms with Gasteiger partial charge in [-0.05, 0) is 32.2 Å². The lowest BCUT2D eigenvalue weighted by molar-refractivity contribution is -0.142. The largest absolute Gasteiger partial charge is 0.469 e. The van der Waals surface area contributed by atoms with E-state index in [9.17, 15) is 4.79 Å². The Morgan fingerprint density at radius 1 is 1.35 bits per heavy atom. The molecule has 0 bridgehead atoms. The van der Waals surface area contributed by atoms with Crippen LogP contribution in [-0.4, -0.2) is 49.3 Å². The average molecular weight is 283 g/mol. The monoisotopic (exact) mass is 283 g/mol. The molecule has 0 amide bonds. The molecule has 0 radical (unpaired) electrons. The molecule has 0 aromatic heterocycles. The zero-order valence-corrected chi connectivity index (χ0v) is 13.0. The summed E-state index contributed by atoms with van der Waals surface area (Å²) in [4.78, 5) is 13.8. The molecule has 4 heteroatoms. The molecule has 2 fully saturated rings. The smallest absolute Gasteiger partial charge is 0.306 e. The lowest BCUT2D eigenvalue weighted by atomic mass is 9.78. The van der Waals surface area contributed by atoms with Gasteiger partial charge in [-0.3, -0.25) is 9.69 Å². The number of esters is 1. The summed E-state index contributed by atoms with van der Waals surface area (Å²) in [5.41, 5.74) is 0.139.